The molecule has 0 radical (unpaired) electrons. The number of carboxylic acid groups (broad SMARTS) is 1. The van der Waals surface area contributed by atoms with E-state index in [9.17, 15) is 14.0 Å². The van der Waals surface area contributed by atoms with Crippen molar-refractivity contribution in [3.05, 3.63) is 29.6 Å². The lowest BCUT2D eigenvalue weighted by Crippen LogP contribution is -2.39. The van der Waals surface area contributed by atoms with E-state index in [1.165, 1.54) is 19.1 Å². The topological polar surface area (TPSA) is 78.4 Å². The van der Waals surface area contributed by atoms with E-state index in [2.05, 4.69) is 10.6 Å². The fourth-order valence-electron chi connectivity index (χ4n) is 1.26. The van der Waals surface area contributed by atoms with Crippen molar-refractivity contribution in [3.8, 4) is 0 Å². The van der Waals surface area contributed by atoms with E-state index >= 15 is 0 Å². The predicted molar refractivity (Wildman–Crippen MR) is 64.9 cm³/mol. The van der Waals surface area contributed by atoms with Gasteiger partial charge >= 0.3 is 5.97 Å². The molecule has 0 bridgehead atoms. The summed E-state index contributed by atoms with van der Waals surface area (Å²) >= 11 is 0. The second kappa shape index (κ2) is 6.11. The molecule has 0 heterocycles. The van der Waals surface area contributed by atoms with Crippen molar-refractivity contribution in [1.82, 2.24) is 5.32 Å². The second-order valence-corrected chi connectivity index (χ2v) is 3.95. The number of hydrogen-bond acceptors (Lipinski definition) is 3. The van der Waals surface area contributed by atoms with Gasteiger partial charge in [-0.2, -0.15) is 0 Å². The first-order valence-electron chi connectivity index (χ1n) is 5.42. The van der Waals surface area contributed by atoms with Gasteiger partial charge in [-0.25, -0.2) is 4.39 Å². The van der Waals surface area contributed by atoms with Crippen LogP contribution < -0.4 is 10.6 Å². The Morgan fingerprint density at radius 1 is 1.44 bits per heavy atom. The van der Waals surface area contributed by atoms with E-state index in [4.69, 9.17) is 5.11 Å². The third-order valence-corrected chi connectivity index (χ3v) is 2.41. The van der Waals surface area contributed by atoms with Crippen molar-refractivity contribution in [2.75, 3.05) is 11.9 Å². The van der Waals surface area contributed by atoms with Gasteiger partial charge in [0, 0.05) is 5.69 Å². The average Bonchev–Trinajstić information content (AvgIpc) is 2.30. The molecule has 1 aromatic carbocycles. The van der Waals surface area contributed by atoms with Gasteiger partial charge in [0.25, 0.3) is 0 Å². The van der Waals surface area contributed by atoms with Crippen LogP contribution >= 0.6 is 0 Å². The molecule has 0 aromatic heterocycles. The average molecular weight is 254 g/mol. The molecule has 98 valence electrons. The zero-order chi connectivity index (χ0) is 13.7. The van der Waals surface area contributed by atoms with E-state index in [0.29, 0.717) is 5.69 Å². The summed E-state index contributed by atoms with van der Waals surface area (Å²) in [4.78, 5) is 22.0. The lowest BCUT2D eigenvalue weighted by atomic mass is 10.2. The minimum atomic E-state index is -1.04. The number of halogens is 1. The molecular formula is C12H15FN2O3. The monoisotopic (exact) mass is 254 g/mol. The smallest absolute Gasteiger partial charge is 0.320 e. The highest BCUT2D eigenvalue weighted by molar-refractivity contribution is 5.93. The minimum Gasteiger partial charge on any atom is -0.480 e. The van der Waals surface area contributed by atoms with Crippen LogP contribution in [0.4, 0.5) is 10.1 Å². The number of aryl methyl sites for hydroxylation is 1. The van der Waals surface area contributed by atoms with Gasteiger partial charge in [0.05, 0.1) is 6.54 Å². The molecule has 0 saturated carbocycles. The lowest BCUT2D eigenvalue weighted by Gasteiger charge is -2.11. The van der Waals surface area contributed by atoms with E-state index in [0.717, 1.165) is 5.56 Å². The van der Waals surface area contributed by atoms with Crippen LogP contribution in [0.25, 0.3) is 0 Å². The van der Waals surface area contributed by atoms with Crippen molar-refractivity contribution in [3.63, 3.8) is 0 Å². The number of amides is 1. The van der Waals surface area contributed by atoms with Gasteiger partial charge < -0.3 is 10.4 Å². The summed E-state index contributed by atoms with van der Waals surface area (Å²) in [6.07, 6.45) is 0. The Balaban J connectivity index is 2.54. The molecule has 1 amide bonds. The molecule has 1 atom stereocenters. The van der Waals surface area contributed by atoms with Crippen LogP contribution in [0.5, 0.6) is 0 Å². The van der Waals surface area contributed by atoms with E-state index in [1.54, 1.807) is 13.0 Å². The Hall–Kier alpha value is -1.95. The number of benzene rings is 1. The van der Waals surface area contributed by atoms with E-state index in [1.807, 2.05) is 0 Å². The zero-order valence-electron chi connectivity index (χ0n) is 10.2. The largest absolute Gasteiger partial charge is 0.480 e. The SMILES string of the molecule is Cc1ccc(F)cc1NC(=O)CN[C@@H](C)C(=O)O. The van der Waals surface area contributed by atoms with Gasteiger partial charge in [-0.15, -0.1) is 0 Å². The highest BCUT2D eigenvalue weighted by Crippen LogP contribution is 2.15. The van der Waals surface area contributed by atoms with Crippen molar-refractivity contribution < 1.29 is 19.1 Å². The highest BCUT2D eigenvalue weighted by atomic mass is 19.1. The Labute approximate surface area is 104 Å². The quantitative estimate of drug-likeness (QED) is 0.736. The molecule has 0 unspecified atom stereocenters. The summed E-state index contributed by atoms with van der Waals surface area (Å²) < 4.78 is 13.0. The van der Waals surface area contributed by atoms with Gasteiger partial charge in [-0.05, 0) is 31.5 Å². The summed E-state index contributed by atoms with van der Waals surface area (Å²) in [7, 11) is 0. The minimum absolute atomic E-state index is 0.149. The molecule has 6 heteroatoms. The number of hydrogen-bond donors (Lipinski definition) is 3. The maximum absolute atomic E-state index is 13.0. The first-order chi connectivity index (χ1) is 8.40. The number of carbonyl (C=O) groups is 2. The molecule has 0 aliphatic rings. The zero-order valence-corrected chi connectivity index (χ0v) is 10.2. The van der Waals surface area contributed by atoms with Crippen molar-refractivity contribution in [2.45, 2.75) is 19.9 Å². The van der Waals surface area contributed by atoms with Crippen molar-refractivity contribution in [2.24, 2.45) is 0 Å². The summed E-state index contributed by atoms with van der Waals surface area (Å²) in [6, 6.07) is 3.26. The molecule has 3 N–H and O–H groups in total. The van der Waals surface area contributed by atoms with Crippen LogP contribution in [-0.2, 0) is 9.59 Å². The third kappa shape index (κ3) is 4.14. The molecular weight excluding hydrogens is 239 g/mol. The Bertz CT molecular complexity index is 463. The van der Waals surface area contributed by atoms with Crippen LogP contribution in [0, 0.1) is 12.7 Å². The Morgan fingerprint density at radius 3 is 2.72 bits per heavy atom. The normalized spacial score (nSPS) is 11.9. The first kappa shape index (κ1) is 14.1. The number of carboxylic acids is 1. The van der Waals surface area contributed by atoms with E-state index in [-0.39, 0.29) is 6.54 Å². The van der Waals surface area contributed by atoms with Gasteiger partial charge in [0.1, 0.15) is 11.9 Å². The molecule has 0 aliphatic carbocycles. The second-order valence-electron chi connectivity index (χ2n) is 3.95. The molecule has 0 aliphatic heterocycles. The van der Waals surface area contributed by atoms with Crippen LogP contribution in [0.3, 0.4) is 0 Å². The van der Waals surface area contributed by atoms with Gasteiger partial charge in [0.15, 0.2) is 0 Å². The molecule has 0 saturated heterocycles. The van der Waals surface area contributed by atoms with Crippen molar-refractivity contribution in [1.29, 1.82) is 0 Å². The van der Waals surface area contributed by atoms with Crippen LogP contribution in [-0.4, -0.2) is 29.6 Å². The third-order valence-electron chi connectivity index (χ3n) is 2.41. The summed E-state index contributed by atoms with van der Waals surface area (Å²) in [5, 5.41) is 13.7. The number of aliphatic carboxylic acids is 1. The highest BCUT2D eigenvalue weighted by Gasteiger charge is 2.12. The molecule has 0 fully saturated rings. The fourth-order valence-corrected chi connectivity index (χ4v) is 1.26. The lowest BCUT2D eigenvalue weighted by molar-refractivity contribution is -0.139. The predicted octanol–water partition coefficient (Wildman–Crippen LogP) is 1.14. The molecule has 18 heavy (non-hydrogen) atoms. The van der Waals surface area contributed by atoms with Gasteiger partial charge in [0.2, 0.25) is 5.91 Å². The number of anilines is 1. The van der Waals surface area contributed by atoms with E-state index < -0.39 is 23.7 Å². The summed E-state index contributed by atoms with van der Waals surface area (Å²) in [5.41, 5.74) is 1.11. The molecule has 5 nitrogen and oxygen atoms in total. The van der Waals surface area contributed by atoms with Gasteiger partial charge in [-0.3, -0.25) is 14.9 Å². The van der Waals surface area contributed by atoms with Crippen LogP contribution in [0.2, 0.25) is 0 Å². The first-order valence-corrected chi connectivity index (χ1v) is 5.42. The molecule has 1 aromatic rings. The maximum Gasteiger partial charge on any atom is 0.320 e. The summed E-state index contributed by atoms with van der Waals surface area (Å²) in [6.45, 7) is 3.02. The number of rotatable bonds is 5. The van der Waals surface area contributed by atoms with Crippen LogP contribution in [0.1, 0.15) is 12.5 Å². The maximum atomic E-state index is 13.0. The molecule has 1 rings (SSSR count). The Morgan fingerprint density at radius 2 is 2.11 bits per heavy atom. The van der Waals surface area contributed by atoms with Crippen molar-refractivity contribution >= 4 is 17.6 Å². The van der Waals surface area contributed by atoms with Crippen LogP contribution in [0.15, 0.2) is 18.2 Å². The standard InChI is InChI=1S/C12H15FN2O3/c1-7-3-4-9(13)5-10(7)15-11(16)6-14-8(2)12(17)18/h3-5,8,14H,6H2,1-2H3,(H,15,16)(H,17,18)/t8-/m0/s1. The fraction of sp³-hybridized carbons (Fsp3) is 0.333. The number of nitrogens with one attached hydrogen (secondary N) is 2. The number of carbonyl (C=O) groups excluding carboxylic acids is 1. The Kier molecular flexibility index (Phi) is 4.79. The molecule has 0 spiro atoms. The summed E-state index contributed by atoms with van der Waals surface area (Å²) in [5.74, 6) is -1.90. The van der Waals surface area contributed by atoms with Gasteiger partial charge in [-0.1, -0.05) is 6.07 Å².